The van der Waals surface area contributed by atoms with Crippen LogP contribution in [0.15, 0.2) is 243 Å². The van der Waals surface area contributed by atoms with Crippen LogP contribution in [-0.4, -0.2) is 9.36 Å². The molecule has 0 fully saturated rings. The second kappa shape index (κ2) is 17.6. The van der Waals surface area contributed by atoms with E-state index in [1.165, 1.54) is 78.3 Å². The number of aromatic nitrogens is 2. The molecule has 2 aliphatic rings. The fourth-order valence-electron chi connectivity index (χ4n) is 11.4. The van der Waals surface area contributed by atoms with Crippen molar-refractivity contribution in [2.24, 2.45) is 0 Å². The van der Waals surface area contributed by atoms with Crippen LogP contribution in [0.4, 0.5) is 34.1 Å². The van der Waals surface area contributed by atoms with Gasteiger partial charge in [-0.05, 0) is 175 Å². The molecule has 0 saturated carbocycles. The second-order valence-electron chi connectivity index (χ2n) is 20.3. The Morgan fingerprint density at radius 1 is 0.301 bits per heavy atom. The van der Waals surface area contributed by atoms with Crippen molar-refractivity contribution >= 4 is 45.7 Å². The lowest BCUT2D eigenvalue weighted by Crippen LogP contribution is -2.15. The topological polar surface area (TPSA) is 32.3 Å². The van der Waals surface area contributed by atoms with Crippen LogP contribution in [0.5, 0.6) is 0 Å². The fraction of sp³-hybridized carbons (Fsp3) is 0.0882. The molecule has 13 rings (SSSR count). The number of hydrogen-bond donors (Lipinski definition) is 0. The molecule has 0 bridgehead atoms. The van der Waals surface area contributed by atoms with E-state index in [-0.39, 0.29) is 10.8 Å². The van der Waals surface area contributed by atoms with Crippen LogP contribution in [0, 0.1) is 0 Å². The molecule has 4 nitrogen and oxygen atoms in total. The lowest BCUT2D eigenvalue weighted by Gasteiger charge is -2.27. The van der Waals surface area contributed by atoms with Gasteiger partial charge in [-0.3, -0.25) is 0 Å². The maximum atomic E-state index is 5.14. The molecule has 11 aromatic rings. The van der Waals surface area contributed by atoms with Crippen molar-refractivity contribution in [3.63, 3.8) is 0 Å². The van der Waals surface area contributed by atoms with Crippen molar-refractivity contribution in [2.75, 3.05) is 9.80 Å². The van der Waals surface area contributed by atoms with E-state index < -0.39 is 0 Å². The number of rotatable bonds is 10. The van der Waals surface area contributed by atoms with Gasteiger partial charge in [0.1, 0.15) is 5.01 Å². The van der Waals surface area contributed by atoms with Gasteiger partial charge in [0, 0.05) is 56.1 Å². The molecule has 0 radical (unpaired) electrons. The molecule has 350 valence electrons. The average Bonchev–Trinajstić information content (AvgIpc) is 4.10. The van der Waals surface area contributed by atoms with E-state index in [0.717, 1.165) is 50.3 Å². The summed E-state index contributed by atoms with van der Waals surface area (Å²) in [6, 6.07) is 88.1. The lowest BCUT2D eigenvalue weighted by atomic mass is 9.82. The first-order valence-corrected chi connectivity index (χ1v) is 25.9. The number of fused-ring (bicyclic) bond motifs is 6. The van der Waals surface area contributed by atoms with Crippen molar-refractivity contribution < 1.29 is 0 Å². The molecule has 0 amide bonds. The first kappa shape index (κ1) is 44.3. The minimum atomic E-state index is -0.0694. The van der Waals surface area contributed by atoms with Gasteiger partial charge in [-0.25, -0.2) is 4.98 Å². The minimum absolute atomic E-state index is 0.0682. The molecule has 0 N–H and O–H groups in total. The quantitative estimate of drug-likeness (QED) is 0.137. The summed E-state index contributed by atoms with van der Waals surface area (Å²) in [7, 11) is 0. The monoisotopic (exact) mass is 956 g/mol. The molecule has 0 spiro atoms. The van der Waals surface area contributed by atoms with Crippen LogP contribution in [0.2, 0.25) is 0 Å². The smallest absolute Gasteiger partial charge is 0.173 e. The zero-order chi connectivity index (χ0) is 49.3. The van der Waals surface area contributed by atoms with Gasteiger partial charge in [-0.15, -0.1) is 0 Å². The summed E-state index contributed by atoms with van der Waals surface area (Å²) in [5.41, 5.74) is 23.8. The predicted molar refractivity (Wildman–Crippen MR) is 306 cm³/mol. The SMILES string of the molecule is CC1(C)c2ccccc2-c2cc(N(c3ccc(-c4ccccc4)cc3)c3ccc(-c4nsc(-c5ccc(N(c6ccc(-c7ccccc7)cc6)c6ccc7c(c6)-c6ccccc6C7(C)C)cc5)n4)cc3)ccc21. The van der Waals surface area contributed by atoms with E-state index in [9.17, 15) is 0 Å². The van der Waals surface area contributed by atoms with Gasteiger partial charge in [0.15, 0.2) is 5.82 Å². The van der Waals surface area contributed by atoms with Crippen LogP contribution >= 0.6 is 11.5 Å². The van der Waals surface area contributed by atoms with E-state index in [1.54, 1.807) is 0 Å². The Morgan fingerprint density at radius 3 is 1.05 bits per heavy atom. The number of anilines is 6. The first-order chi connectivity index (χ1) is 35.7. The van der Waals surface area contributed by atoms with Crippen molar-refractivity contribution in [1.29, 1.82) is 0 Å². The van der Waals surface area contributed by atoms with Gasteiger partial charge in [-0.1, -0.05) is 173 Å². The molecule has 1 heterocycles. The second-order valence-corrected chi connectivity index (χ2v) is 21.1. The highest BCUT2D eigenvalue weighted by molar-refractivity contribution is 7.09. The molecular weight excluding hydrogens is 905 g/mol. The zero-order valence-electron chi connectivity index (χ0n) is 41.3. The largest absolute Gasteiger partial charge is 0.310 e. The lowest BCUT2D eigenvalue weighted by molar-refractivity contribution is 0.660. The zero-order valence-corrected chi connectivity index (χ0v) is 42.1. The molecule has 5 heteroatoms. The molecule has 73 heavy (non-hydrogen) atoms. The van der Waals surface area contributed by atoms with Crippen molar-refractivity contribution in [1.82, 2.24) is 9.36 Å². The van der Waals surface area contributed by atoms with E-state index in [0.29, 0.717) is 5.82 Å². The van der Waals surface area contributed by atoms with Gasteiger partial charge in [-0.2, -0.15) is 4.37 Å². The summed E-state index contributed by atoms with van der Waals surface area (Å²) in [5.74, 6) is 0.715. The van der Waals surface area contributed by atoms with Crippen molar-refractivity contribution in [2.45, 2.75) is 38.5 Å². The molecule has 0 unspecified atom stereocenters. The van der Waals surface area contributed by atoms with Gasteiger partial charge in [0.05, 0.1) is 0 Å². The van der Waals surface area contributed by atoms with Gasteiger partial charge in [0.25, 0.3) is 0 Å². The number of nitrogens with zero attached hydrogens (tertiary/aromatic N) is 4. The van der Waals surface area contributed by atoms with Crippen LogP contribution in [0.25, 0.3) is 66.5 Å². The Balaban J connectivity index is 0.817. The Morgan fingerprint density at radius 2 is 0.630 bits per heavy atom. The minimum Gasteiger partial charge on any atom is -0.310 e. The molecule has 0 atom stereocenters. The third-order valence-corrected chi connectivity index (χ3v) is 16.1. The highest BCUT2D eigenvalue weighted by Gasteiger charge is 2.37. The van der Waals surface area contributed by atoms with Crippen LogP contribution < -0.4 is 9.80 Å². The number of hydrogen-bond acceptors (Lipinski definition) is 5. The highest BCUT2D eigenvalue weighted by atomic mass is 32.1. The molecule has 1 aromatic heterocycles. The third kappa shape index (κ3) is 7.67. The average molecular weight is 957 g/mol. The highest BCUT2D eigenvalue weighted by Crippen LogP contribution is 2.52. The molecule has 0 aliphatic heterocycles. The Bertz CT molecular complexity index is 3570. The van der Waals surface area contributed by atoms with Crippen molar-refractivity contribution in [3.8, 4) is 66.5 Å². The van der Waals surface area contributed by atoms with Crippen LogP contribution in [0.3, 0.4) is 0 Å². The summed E-state index contributed by atoms with van der Waals surface area (Å²) in [6.45, 7) is 9.33. The Hall–Kier alpha value is -8.64. The van der Waals surface area contributed by atoms with Gasteiger partial charge >= 0.3 is 0 Å². The van der Waals surface area contributed by atoms with E-state index in [1.807, 2.05) is 0 Å². The number of benzene rings is 10. The molecular formula is C68H52N4S. The summed E-state index contributed by atoms with van der Waals surface area (Å²) < 4.78 is 4.92. The van der Waals surface area contributed by atoms with Crippen molar-refractivity contribution in [3.05, 3.63) is 265 Å². The third-order valence-electron chi connectivity index (χ3n) is 15.3. The maximum Gasteiger partial charge on any atom is 0.173 e. The van der Waals surface area contributed by atoms with E-state index in [4.69, 9.17) is 9.36 Å². The first-order valence-electron chi connectivity index (χ1n) is 25.1. The molecule has 2 aliphatic carbocycles. The summed E-state index contributed by atoms with van der Waals surface area (Å²) in [5, 5.41) is 0.877. The molecule has 10 aromatic carbocycles. The predicted octanol–water partition coefficient (Wildman–Crippen LogP) is 18.8. The Kier molecular flexibility index (Phi) is 10.7. The van der Waals surface area contributed by atoms with E-state index in [2.05, 4.69) is 280 Å². The summed E-state index contributed by atoms with van der Waals surface area (Å²) in [6.07, 6.45) is 0. The molecule has 0 saturated heterocycles. The van der Waals surface area contributed by atoms with Gasteiger partial charge < -0.3 is 9.80 Å². The summed E-state index contributed by atoms with van der Waals surface area (Å²) in [4.78, 5) is 9.86. The van der Waals surface area contributed by atoms with E-state index >= 15 is 0 Å². The van der Waals surface area contributed by atoms with Crippen LogP contribution in [0.1, 0.15) is 49.9 Å². The van der Waals surface area contributed by atoms with Gasteiger partial charge in [0.2, 0.25) is 0 Å². The van der Waals surface area contributed by atoms with Crippen LogP contribution in [-0.2, 0) is 10.8 Å². The Labute approximate surface area is 432 Å². The fourth-order valence-corrected chi connectivity index (χ4v) is 12.1. The maximum absolute atomic E-state index is 5.14. The normalized spacial score (nSPS) is 13.4. The standard InChI is InChI=1S/C68H52N4S/c1-67(2)61-21-13-11-19-57(61)59-43-55(39-41-63(59)67)71(51-31-23-47(24-32-51)45-15-7-5-8-16-45)53-35-27-49(28-36-53)65-69-66(73-70-65)50-29-37-54(38-30-50)72(52-33-25-48(26-34-52)46-17-9-6-10-18-46)56-40-42-64-60(44-56)58-20-12-14-22-62(58)68(64,3)4/h5-44H,1-4H3. The summed E-state index contributed by atoms with van der Waals surface area (Å²) >= 11 is 1.43.